The van der Waals surface area contributed by atoms with Gasteiger partial charge in [0, 0.05) is 39.4 Å². The second-order valence-electron chi connectivity index (χ2n) is 4.13. The number of nitrogens with two attached hydrogens (primary N) is 1. The van der Waals surface area contributed by atoms with E-state index in [1.807, 2.05) is 0 Å². The van der Waals surface area contributed by atoms with E-state index in [0.29, 0.717) is 19.6 Å². The van der Waals surface area contributed by atoms with Crippen molar-refractivity contribution in [3.63, 3.8) is 0 Å². The Kier molecular flexibility index (Phi) is 5.86. The Morgan fingerprint density at radius 2 is 2.11 bits per heavy atom. The second-order valence-corrected chi connectivity index (χ2v) is 6.18. The van der Waals surface area contributed by atoms with Gasteiger partial charge in [0.25, 0.3) is 0 Å². The summed E-state index contributed by atoms with van der Waals surface area (Å²) in [5, 5.41) is 0. The van der Waals surface area contributed by atoms with Crippen LogP contribution in [0.2, 0.25) is 0 Å². The highest BCUT2D eigenvalue weighted by atomic mass is 32.2. The van der Waals surface area contributed by atoms with Crippen molar-refractivity contribution < 1.29 is 17.5 Å². The van der Waals surface area contributed by atoms with Crippen LogP contribution in [0.1, 0.15) is 12.0 Å². The van der Waals surface area contributed by atoms with Gasteiger partial charge in [0.05, 0.1) is 4.90 Å². The first-order valence-electron chi connectivity index (χ1n) is 5.87. The van der Waals surface area contributed by atoms with Gasteiger partial charge in [0.1, 0.15) is 5.82 Å². The highest BCUT2D eigenvalue weighted by Gasteiger charge is 2.21. The van der Waals surface area contributed by atoms with Gasteiger partial charge in [-0.15, -0.1) is 0 Å². The molecule has 0 amide bonds. The Bertz CT molecular complexity index is 520. The van der Waals surface area contributed by atoms with E-state index in [1.54, 1.807) is 7.11 Å². The average molecular weight is 290 g/mol. The lowest BCUT2D eigenvalue weighted by Crippen LogP contribution is -2.28. The average Bonchev–Trinajstić information content (AvgIpc) is 2.39. The fourth-order valence-corrected chi connectivity index (χ4v) is 2.86. The molecule has 1 aromatic carbocycles. The van der Waals surface area contributed by atoms with Gasteiger partial charge in [-0.1, -0.05) is 0 Å². The van der Waals surface area contributed by atoms with Crippen LogP contribution in [0.25, 0.3) is 0 Å². The third-order valence-corrected chi connectivity index (χ3v) is 4.62. The summed E-state index contributed by atoms with van der Waals surface area (Å²) < 4.78 is 43.9. The summed E-state index contributed by atoms with van der Waals surface area (Å²) >= 11 is 0. The van der Waals surface area contributed by atoms with Crippen molar-refractivity contribution in [2.75, 3.05) is 27.3 Å². The molecule has 1 aromatic rings. The van der Waals surface area contributed by atoms with Crippen molar-refractivity contribution in [3.8, 4) is 0 Å². The van der Waals surface area contributed by atoms with Crippen molar-refractivity contribution in [2.24, 2.45) is 5.73 Å². The van der Waals surface area contributed by atoms with Crippen LogP contribution in [0, 0.1) is 5.82 Å². The molecular formula is C12H19FN2O3S. The van der Waals surface area contributed by atoms with E-state index in [-0.39, 0.29) is 17.0 Å². The van der Waals surface area contributed by atoms with Gasteiger partial charge in [-0.2, -0.15) is 0 Å². The zero-order chi connectivity index (χ0) is 14.5. The standard InChI is InChI=1S/C12H19FN2O3S/c1-15(6-3-7-18-2)19(16,17)11-4-5-12(13)10(8-11)9-14/h4-5,8H,3,6-7,9,14H2,1-2H3. The molecule has 5 nitrogen and oxygen atoms in total. The molecule has 0 atom stereocenters. The predicted molar refractivity (Wildman–Crippen MR) is 70.6 cm³/mol. The third kappa shape index (κ3) is 3.97. The fourth-order valence-electron chi connectivity index (χ4n) is 1.60. The number of rotatable bonds is 7. The van der Waals surface area contributed by atoms with E-state index in [9.17, 15) is 12.8 Å². The monoisotopic (exact) mass is 290 g/mol. The van der Waals surface area contributed by atoms with Crippen LogP contribution in [-0.2, 0) is 21.3 Å². The van der Waals surface area contributed by atoms with Crippen LogP contribution in [0.4, 0.5) is 4.39 Å². The first-order valence-corrected chi connectivity index (χ1v) is 7.31. The van der Waals surface area contributed by atoms with Gasteiger partial charge >= 0.3 is 0 Å². The number of methoxy groups -OCH3 is 1. The molecule has 0 aliphatic carbocycles. The summed E-state index contributed by atoms with van der Waals surface area (Å²) in [7, 11) is -0.573. The maximum Gasteiger partial charge on any atom is 0.242 e. The number of ether oxygens (including phenoxy) is 1. The van der Waals surface area contributed by atoms with Gasteiger partial charge < -0.3 is 10.5 Å². The topological polar surface area (TPSA) is 72.6 Å². The van der Waals surface area contributed by atoms with Crippen molar-refractivity contribution in [1.82, 2.24) is 4.31 Å². The van der Waals surface area contributed by atoms with Crippen molar-refractivity contribution >= 4 is 10.0 Å². The summed E-state index contributed by atoms with van der Waals surface area (Å²) in [6.07, 6.45) is 0.594. The van der Waals surface area contributed by atoms with Gasteiger partial charge in [0.2, 0.25) is 10.0 Å². The van der Waals surface area contributed by atoms with Crippen molar-refractivity contribution in [2.45, 2.75) is 17.9 Å². The van der Waals surface area contributed by atoms with Crippen LogP contribution in [0.3, 0.4) is 0 Å². The lowest BCUT2D eigenvalue weighted by Gasteiger charge is -2.17. The van der Waals surface area contributed by atoms with Crippen LogP contribution in [0.15, 0.2) is 23.1 Å². The van der Waals surface area contributed by atoms with Crippen molar-refractivity contribution in [1.29, 1.82) is 0 Å². The van der Waals surface area contributed by atoms with Gasteiger partial charge in [0.15, 0.2) is 0 Å². The van der Waals surface area contributed by atoms with E-state index >= 15 is 0 Å². The lowest BCUT2D eigenvalue weighted by atomic mass is 10.2. The Hall–Kier alpha value is -1.02. The third-order valence-electron chi connectivity index (χ3n) is 2.77. The molecule has 19 heavy (non-hydrogen) atoms. The summed E-state index contributed by atoms with van der Waals surface area (Å²) in [5.74, 6) is -0.497. The largest absolute Gasteiger partial charge is 0.385 e. The summed E-state index contributed by atoms with van der Waals surface area (Å²) in [5.41, 5.74) is 5.56. The minimum absolute atomic E-state index is 0.0391. The van der Waals surface area contributed by atoms with Crippen LogP contribution in [0.5, 0.6) is 0 Å². The van der Waals surface area contributed by atoms with Crippen LogP contribution >= 0.6 is 0 Å². The summed E-state index contributed by atoms with van der Waals surface area (Å²) in [6, 6.07) is 3.65. The number of hydrogen-bond donors (Lipinski definition) is 1. The first kappa shape index (κ1) is 16.0. The highest BCUT2D eigenvalue weighted by molar-refractivity contribution is 7.89. The molecular weight excluding hydrogens is 271 g/mol. The quantitative estimate of drug-likeness (QED) is 0.759. The predicted octanol–water partition coefficient (Wildman–Crippen LogP) is 0.941. The summed E-state index contributed by atoms with van der Waals surface area (Å²) in [4.78, 5) is 0.0502. The molecule has 0 aliphatic heterocycles. The molecule has 0 unspecified atom stereocenters. The Morgan fingerprint density at radius 1 is 1.42 bits per heavy atom. The molecule has 2 N–H and O–H groups in total. The van der Waals surface area contributed by atoms with E-state index in [2.05, 4.69) is 0 Å². The number of halogens is 1. The minimum Gasteiger partial charge on any atom is -0.385 e. The second kappa shape index (κ2) is 6.95. The van der Waals surface area contributed by atoms with Crippen LogP contribution < -0.4 is 5.73 Å². The number of hydrogen-bond acceptors (Lipinski definition) is 4. The van der Waals surface area contributed by atoms with E-state index in [0.717, 1.165) is 6.07 Å². The molecule has 0 saturated carbocycles. The zero-order valence-corrected chi connectivity index (χ0v) is 11.9. The zero-order valence-electron chi connectivity index (χ0n) is 11.1. The Morgan fingerprint density at radius 3 is 2.68 bits per heavy atom. The summed E-state index contributed by atoms with van der Waals surface area (Å²) in [6.45, 7) is 0.783. The van der Waals surface area contributed by atoms with Gasteiger partial charge in [-0.05, 0) is 24.6 Å². The minimum atomic E-state index is -3.61. The van der Waals surface area contributed by atoms with Crippen LogP contribution in [-0.4, -0.2) is 40.0 Å². The molecule has 108 valence electrons. The van der Waals surface area contributed by atoms with E-state index in [1.165, 1.54) is 23.5 Å². The SMILES string of the molecule is COCCCN(C)S(=O)(=O)c1ccc(F)c(CN)c1. The number of sulfonamides is 1. The molecule has 7 heteroatoms. The molecule has 0 aliphatic rings. The smallest absolute Gasteiger partial charge is 0.242 e. The molecule has 0 spiro atoms. The molecule has 0 radical (unpaired) electrons. The number of nitrogens with zero attached hydrogens (tertiary/aromatic N) is 1. The lowest BCUT2D eigenvalue weighted by molar-refractivity contribution is 0.189. The molecule has 0 saturated heterocycles. The van der Waals surface area contributed by atoms with Crippen molar-refractivity contribution in [3.05, 3.63) is 29.6 Å². The van der Waals surface area contributed by atoms with E-state index < -0.39 is 15.8 Å². The first-order chi connectivity index (χ1) is 8.93. The molecule has 0 aromatic heterocycles. The Labute approximate surface area is 113 Å². The van der Waals surface area contributed by atoms with Gasteiger partial charge in [-0.25, -0.2) is 17.1 Å². The normalized spacial score (nSPS) is 12.1. The molecule has 1 rings (SSSR count). The van der Waals surface area contributed by atoms with E-state index in [4.69, 9.17) is 10.5 Å². The molecule has 0 heterocycles. The maximum absolute atomic E-state index is 13.3. The molecule has 0 bridgehead atoms. The number of benzene rings is 1. The Balaban J connectivity index is 2.93. The van der Waals surface area contributed by atoms with Gasteiger partial charge in [-0.3, -0.25) is 0 Å². The highest BCUT2D eigenvalue weighted by Crippen LogP contribution is 2.18. The fraction of sp³-hybridized carbons (Fsp3) is 0.500. The molecule has 0 fully saturated rings. The maximum atomic E-state index is 13.3.